The van der Waals surface area contributed by atoms with E-state index >= 15 is 0 Å². The number of likely N-dealkylation sites (tertiary alicyclic amines) is 1. The minimum absolute atomic E-state index is 0.0479. The van der Waals surface area contributed by atoms with Gasteiger partial charge in [-0.1, -0.05) is 18.2 Å². The summed E-state index contributed by atoms with van der Waals surface area (Å²) in [6.07, 6.45) is 3.45. The molecule has 1 saturated heterocycles. The average Bonchev–Trinajstić information content (AvgIpc) is 3.36. The van der Waals surface area contributed by atoms with Crippen LogP contribution in [0.2, 0.25) is 0 Å². The number of anilines is 1. The lowest BCUT2D eigenvalue weighted by molar-refractivity contribution is -0.136. The fraction of sp³-hybridized carbons (Fsp3) is 0.360. The molecule has 2 aromatic rings. The molecule has 1 fully saturated rings. The van der Waals surface area contributed by atoms with Crippen molar-refractivity contribution < 1.29 is 23.9 Å². The lowest BCUT2D eigenvalue weighted by atomic mass is 10.1. The quantitative estimate of drug-likeness (QED) is 0.212. The van der Waals surface area contributed by atoms with Crippen molar-refractivity contribution in [3.8, 4) is 11.5 Å². The maximum Gasteiger partial charge on any atom is 0.329 e. The van der Waals surface area contributed by atoms with Gasteiger partial charge < -0.3 is 19.7 Å². The van der Waals surface area contributed by atoms with Crippen LogP contribution in [0.15, 0.2) is 35.4 Å². The summed E-state index contributed by atoms with van der Waals surface area (Å²) in [7, 11) is 0. The summed E-state index contributed by atoms with van der Waals surface area (Å²) in [6, 6.07) is 9.07. The van der Waals surface area contributed by atoms with E-state index in [1.54, 1.807) is 17.0 Å². The highest BCUT2D eigenvalue weighted by Crippen LogP contribution is 2.34. The molecule has 0 radical (unpaired) electrons. The average molecular weight is 592 g/mol. The summed E-state index contributed by atoms with van der Waals surface area (Å²) in [5, 5.41) is 6.52. The molecule has 10 heteroatoms. The van der Waals surface area contributed by atoms with Gasteiger partial charge >= 0.3 is 11.8 Å². The van der Waals surface area contributed by atoms with E-state index in [1.165, 1.54) is 6.21 Å². The Bertz CT molecular complexity index is 1110. The van der Waals surface area contributed by atoms with E-state index in [4.69, 9.17) is 9.47 Å². The molecule has 1 aliphatic rings. The third-order valence-electron chi connectivity index (χ3n) is 5.44. The third-order valence-corrected chi connectivity index (χ3v) is 6.24. The zero-order valence-corrected chi connectivity index (χ0v) is 22.2. The van der Waals surface area contributed by atoms with Crippen molar-refractivity contribution in [1.29, 1.82) is 0 Å². The van der Waals surface area contributed by atoms with E-state index in [0.29, 0.717) is 29.4 Å². The van der Waals surface area contributed by atoms with Crippen molar-refractivity contribution in [3.05, 3.63) is 50.6 Å². The molecule has 3 rings (SSSR count). The number of amides is 3. The Morgan fingerprint density at radius 3 is 2.43 bits per heavy atom. The summed E-state index contributed by atoms with van der Waals surface area (Å²) in [4.78, 5) is 38.6. The number of hydrogen-bond acceptors (Lipinski definition) is 6. The number of benzene rings is 2. The molecule has 0 aliphatic carbocycles. The highest BCUT2D eigenvalue weighted by molar-refractivity contribution is 14.1. The second-order valence-corrected chi connectivity index (χ2v) is 9.22. The van der Waals surface area contributed by atoms with Crippen molar-refractivity contribution in [3.63, 3.8) is 0 Å². The van der Waals surface area contributed by atoms with Gasteiger partial charge in [0, 0.05) is 18.8 Å². The lowest BCUT2D eigenvalue weighted by Gasteiger charge is -2.18. The van der Waals surface area contributed by atoms with Crippen molar-refractivity contribution in [2.24, 2.45) is 5.10 Å². The van der Waals surface area contributed by atoms with Crippen LogP contribution < -0.4 is 20.2 Å². The first-order valence-corrected chi connectivity index (χ1v) is 12.5. The molecule has 0 aromatic heterocycles. The zero-order valence-electron chi connectivity index (χ0n) is 20.0. The van der Waals surface area contributed by atoms with Gasteiger partial charge in [0.1, 0.15) is 0 Å². The zero-order chi connectivity index (χ0) is 25.4. The van der Waals surface area contributed by atoms with Crippen LogP contribution in [0.4, 0.5) is 5.69 Å². The minimum Gasteiger partial charge on any atom is -0.490 e. The van der Waals surface area contributed by atoms with Crippen molar-refractivity contribution in [2.45, 2.75) is 33.6 Å². The number of carbonyl (C=O) groups excluding carboxylic acids is 3. The molecule has 3 amide bonds. The summed E-state index contributed by atoms with van der Waals surface area (Å²) < 4.78 is 12.2. The normalized spacial score (nSPS) is 13.1. The van der Waals surface area contributed by atoms with E-state index in [9.17, 15) is 14.4 Å². The molecule has 2 N–H and O–H groups in total. The van der Waals surface area contributed by atoms with Gasteiger partial charge in [-0.3, -0.25) is 14.4 Å². The van der Waals surface area contributed by atoms with Crippen LogP contribution in [0, 0.1) is 17.4 Å². The highest BCUT2D eigenvalue weighted by Gasteiger charge is 2.20. The van der Waals surface area contributed by atoms with E-state index in [2.05, 4.69) is 38.4 Å². The molecule has 0 atom stereocenters. The second kappa shape index (κ2) is 12.5. The first-order chi connectivity index (χ1) is 16.8. The predicted octanol–water partition coefficient (Wildman–Crippen LogP) is 3.40. The van der Waals surface area contributed by atoms with Gasteiger partial charge in [-0.25, -0.2) is 5.43 Å². The summed E-state index contributed by atoms with van der Waals surface area (Å²) in [5.74, 6) is -0.795. The molecule has 1 heterocycles. The topological polar surface area (TPSA) is 109 Å². The molecule has 0 unspecified atom stereocenters. The summed E-state index contributed by atoms with van der Waals surface area (Å²) in [6.45, 7) is 7.43. The number of carbonyl (C=O) groups is 3. The van der Waals surface area contributed by atoms with Crippen molar-refractivity contribution in [2.75, 3.05) is 31.6 Å². The number of para-hydroxylation sites is 1. The first-order valence-electron chi connectivity index (χ1n) is 11.4. The molecule has 0 spiro atoms. The van der Waals surface area contributed by atoms with Crippen LogP contribution in [0.1, 0.15) is 36.5 Å². The van der Waals surface area contributed by atoms with Gasteiger partial charge in [0.05, 0.1) is 16.4 Å². The third kappa shape index (κ3) is 7.17. The number of rotatable bonds is 8. The minimum atomic E-state index is -0.885. The van der Waals surface area contributed by atoms with Gasteiger partial charge in [0.15, 0.2) is 18.1 Å². The van der Waals surface area contributed by atoms with Gasteiger partial charge in [-0.15, -0.1) is 0 Å². The highest BCUT2D eigenvalue weighted by atomic mass is 127. The molecular weight excluding hydrogens is 563 g/mol. The van der Waals surface area contributed by atoms with Crippen LogP contribution >= 0.6 is 22.6 Å². The van der Waals surface area contributed by atoms with E-state index in [1.807, 2.05) is 39.0 Å². The number of nitrogens with one attached hydrogen (secondary N) is 2. The Morgan fingerprint density at radius 1 is 1.09 bits per heavy atom. The van der Waals surface area contributed by atoms with Gasteiger partial charge in [0.25, 0.3) is 5.91 Å². The number of nitrogens with zero attached hydrogens (tertiary/aromatic N) is 2. The largest absolute Gasteiger partial charge is 0.490 e. The molecule has 2 aromatic carbocycles. The number of aryl methyl sites for hydroxylation is 2. The van der Waals surface area contributed by atoms with Crippen LogP contribution in [0.3, 0.4) is 0 Å². The van der Waals surface area contributed by atoms with Crippen LogP contribution in [-0.4, -0.2) is 55.1 Å². The van der Waals surface area contributed by atoms with E-state index in [0.717, 1.165) is 40.6 Å². The SMILES string of the molecule is CCOc1cc(/C=N\NC(=O)C(=O)Nc2c(C)cccc2C)cc(I)c1OCC(=O)N1CCCC1. The van der Waals surface area contributed by atoms with Crippen molar-refractivity contribution in [1.82, 2.24) is 10.3 Å². The molecule has 0 saturated carbocycles. The molecule has 0 bridgehead atoms. The Labute approximate surface area is 218 Å². The number of halogens is 1. The van der Waals surface area contributed by atoms with Crippen LogP contribution in [-0.2, 0) is 14.4 Å². The number of hydrazone groups is 1. The van der Waals surface area contributed by atoms with Crippen molar-refractivity contribution >= 4 is 52.2 Å². The van der Waals surface area contributed by atoms with Crippen LogP contribution in [0.5, 0.6) is 11.5 Å². The standard InChI is InChI=1S/C25H29IN4O5/c1-4-34-20-13-18(12-19(26)23(20)35-15-21(31)30-10-5-6-11-30)14-27-29-25(33)24(32)28-22-16(2)8-7-9-17(22)3/h7-9,12-14H,4-6,10-11,15H2,1-3H3,(H,28,32)(H,29,33)/b27-14-. The fourth-order valence-electron chi connectivity index (χ4n) is 3.66. The Morgan fingerprint density at radius 2 is 1.77 bits per heavy atom. The smallest absolute Gasteiger partial charge is 0.329 e. The molecule has 35 heavy (non-hydrogen) atoms. The second-order valence-electron chi connectivity index (χ2n) is 8.06. The van der Waals surface area contributed by atoms with E-state index in [-0.39, 0.29) is 12.5 Å². The number of hydrogen-bond donors (Lipinski definition) is 2. The Hall–Kier alpha value is -3.15. The Balaban J connectivity index is 1.63. The molecule has 1 aliphatic heterocycles. The predicted molar refractivity (Wildman–Crippen MR) is 142 cm³/mol. The van der Waals surface area contributed by atoms with Gasteiger partial charge in [0.2, 0.25) is 0 Å². The lowest BCUT2D eigenvalue weighted by Crippen LogP contribution is -2.32. The summed E-state index contributed by atoms with van der Waals surface area (Å²) in [5.41, 5.74) is 5.19. The fourth-order valence-corrected chi connectivity index (χ4v) is 4.44. The summed E-state index contributed by atoms with van der Waals surface area (Å²) >= 11 is 2.10. The van der Waals surface area contributed by atoms with Gasteiger partial charge in [-0.05, 0) is 85.0 Å². The molecular formula is C25H29IN4O5. The van der Waals surface area contributed by atoms with E-state index < -0.39 is 11.8 Å². The first kappa shape index (κ1) is 26.5. The Kier molecular flexibility index (Phi) is 9.47. The molecule has 186 valence electrons. The monoisotopic (exact) mass is 592 g/mol. The van der Waals surface area contributed by atoms with Gasteiger partial charge in [-0.2, -0.15) is 5.10 Å². The van der Waals surface area contributed by atoms with Crippen LogP contribution in [0.25, 0.3) is 0 Å². The maximum absolute atomic E-state index is 12.3. The number of ether oxygens (including phenoxy) is 2. The molecule has 9 nitrogen and oxygen atoms in total. The maximum atomic E-state index is 12.3.